The van der Waals surface area contributed by atoms with E-state index in [1.807, 2.05) is 0 Å². The highest BCUT2D eigenvalue weighted by Gasteiger charge is 2.25. The third-order valence-electron chi connectivity index (χ3n) is 3.54. The Hall–Kier alpha value is -2.54. The molecule has 0 aliphatic rings. The van der Waals surface area contributed by atoms with Crippen molar-refractivity contribution in [1.82, 2.24) is 20.2 Å². The lowest BCUT2D eigenvalue weighted by Gasteiger charge is -2.24. The van der Waals surface area contributed by atoms with Crippen molar-refractivity contribution in [2.24, 2.45) is 0 Å². The highest BCUT2D eigenvalue weighted by Crippen LogP contribution is 2.21. The second kappa shape index (κ2) is 7.83. The van der Waals surface area contributed by atoms with E-state index in [4.69, 9.17) is 0 Å². The van der Waals surface area contributed by atoms with Gasteiger partial charge in [-0.25, -0.2) is 9.37 Å². The summed E-state index contributed by atoms with van der Waals surface area (Å²) in [5.74, 6) is -0.219. The van der Waals surface area contributed by atoms with Crippen LogP contribution in [0.4, 0.5) is 4.39 Å². The van der Waals surface area contributed by atoms with E-state index < -0.39 is 11.9 Å². The quantitative estimate of drug-likeness (QED) is 0.833. The summed E-state index contributed by atoms with van der Waals surface area (Å²) in [6.45, 7) is 2.03. The molecule has 6 nitrogen and oxygen atoms in total. The molecule has 1 aromatic carbocycles. The standard InChI is InChI=1S/C17H21FN4O2/c1-11-10-15(23)21-14(20-11)8-9-19-17(24)16(22(2)3)12-6-4-5-7-13(12)18/h4-7,10,16H,8-9H2,1-3H3,(H,19,24)(H,20,21,23). The maximum absolute atomic E-state index is 14.0. The molecule has 0 bridgehead atoms. The van der Waals surface area contributed by atoms with Gasteiger partial charge in [0.15, 0.2) is 0 Å². The summed E-state index contributed by atoms with van der Waals surface area (Å²) < 4.78 is 14.0. The molecule has 24 heavy (non-hydrogen) atoms. The van der Waals surface area contributed by atoms with E-state index in [1.54, 1.807) is 44.1 Å². The molecule has 2 rings (SSSR count). The van der Waals surface area contributed by atoms with Gasteiger partial charge in [0.1, 0.15) is 17.7 Å². The zero-order valence-electron chi connectivity index (χ0n) is 14.0. The van der Waals surface area contributed by atoms with Gasteiger partial charge in [-0.1, -0.05) is 18.2 Å². The smallest absolute Gasteiger partial charge is 0.251 e. The van der Waals surface area contributed by atoms with Crippen LogP contribution in [0.2, 0.25) is 0 Å². The average Bonchev–Trinajstić information content (AvgIpc) is 2.48. The maximum atomic E-state index is 14.0. The average molecular weight is 332 g/mol. The van der Waals surface area contributed by atoms with Crippen LogP contribution in [0.5, 0.6) is 0 Å². The van der Waals surface area contributed by atoms with E-state index in [0.717, 1.165) is 0 Å². The van der Waals surface area contributed by atoms with Gasteiger partial charge in [0.25, 0.3) is 5.56 Å². The van der Waals surface area contributed by atoms with Gasteiger partial charge in [-0.2, -0.15) is 0 Å². The van der Waals surface area contributed by atoms with Crippen molar-refractivity contribution in [3.8, 4) is 0 Å². The Kier molecular flexibility index (Phi) is 5.81. The van der Waals surface area contributed by atoms with E-state index in [1.165, 1.54) is 12.1 Å². The van der Waals surface area contributed by atoms with Gasteiger partial charge < -0.3 is 10.3 Å². The van der Waals surface area contributed by atoms with Gasteiger partial charge in [0.05, 0.1) is 0 Å². The van der Waals surface area contributed by atoms with Gasteiger partial charge in [-0.3, -0.25) is 14.5 Å². The lowest BCUT2D eigenvalue weighted by atomic mass is 10.0. The summed E-state index contributed by atoms with van der Waals surface area (Å²) >= 11 is 0. The van der Waals surface area contributed by atoms with Crippen LogP contribution in [0, 0.1) is 12.7 Å². The van der Waals surface area contributed by atoms with Crippen LogP contribution >= 0.6 is 0 Å². The molecule has 0 radical (unpaired) electrons. The number of aryl methyl sites for hydroxylation is 1. The first-order chi connectivity index (χ1) is 11.4. The highest BCUT2D eigenvalue weighted by atomic mass is 19.1. The first-order valence-corrected chi connectivity index (χ1v) is 7.64. The molecule has 0 aliphatic heterocycles. The maximum Gasteiger partial charge on any atom is 0.251 e. The first-order valence-electron chi connectivity index (χ1n) is 7.64. The zero-order chi connectivity index (χ0) is 17.7. The minimum absolute atomic E-state index is 0.221. The molecule has 2 aromatic rings. The molecule has 0 spiro atoms. The number of rotatable bonds is 6. The molecule has 128 valence electrons. The van der Waals surface area contributed by atoms with Crippen molar-refractivity contribution >= 4 is 5.91 Å². The summed E-state index contributed by atoms with van der Waals surface area (Å²) in [5, 5.41) is 2.77. The largest absolute Gasteiger partial charge is 0.354 e. The lowest BCUT2D eigenvalue weighted by molar-refractivity contribution is -0.125. The number of benzene rings is 1. The zero-order valence-corrected chi connectivity index (χ0v) is 14.0. The first kappa shape index (κ1) is 17.8. The molecule has 2 N–H and O–H groups in total. The summed E-state index contributed by atoms with van der Waals surface area (Å²) in [6.07, 6.45) is 0.389. The number of hydrogen-bond donors (Lipinski definition) is 2. The number of carbonyl (C=O) groups excluding carboxylic acids is 1. The second-order valence-electron chi connectivity index (χ2n) is 5.76. The normalized spacial score (nSPS) is 12.2. The molecular formula is C17H21FN4O2. The summed E-state index contributed by atoms with van der Waals surface area (Å²) in [7, 11) is 3.44. The van der Waals surface area contributed by atoms with Crippen molar-refractivity contribution in [3.63, 3.8) is 0 Å². The fraction of sp³-hybridized carbons (Fsp3) is 0.353. The minimum atomic E-state index is -0.726. The van der Waals surface area contributed by atoms with Gasteiger partial charge in [-0.05, 0) is 27.1 Å². The Morgan fingerprint density at radius 2 is 2.08 bits per heavy atom. The van der Waals surface area contributed by atoms with Gasteiger partial charge in [0.2, 0.25) is 5.91 Å². The topological polar surface area (TPSA) is 78.1 Å². The number of aromatic amines is 1. The fourth-order valence-corrected chi connectivity index (χ4v) is 2.51. The molecule has 1 unspecified atom stereocenters. The van der Waals surface area contributed by atoms with Crippen LogP contribution < -0.4 is 10.9 Å². The third kappa shape index (κ3) is 4.48. The van der Waals surface area contributed by atoms with Crippen LogP contribution in [0.3, 0.4) is 0 Å². The van der Waals surface area contributed by atoms with Crippen molar-refractivity contribution in [2.75, 3.05) is 20.6 Å². The van der Waals surface area contributed by atoms with Gasteiger partial charge in [0, 0.05) is 30.3 Å². The van der Waals surface area contributed by atoms with Gasteiger partial charge >= 0.3 is 0 Å². The van der Waals surface area contributed by atoms with Gasteiger partial charge in [-0.15, -0.1) is 0 Å². The molecule has 0 saturated heterocycles. The van der Waals surface area contributed by atoms with Crippen LogP contribution in [0.1, 0.15) is 23.1 Å². The number of H-pyrrole nitrogens is 1. The molecule has 1 aromatic heterocycles. The number of nitrogens with zero attached hydrogens (tertiary/aromatic N) is 2. The number of carbonyl (C=O) groups is 1. The molecule has 0 aliphatic carbocycles. The van der Waals surface area contributed by atoms with E-state index in [0.29, 0.717) is 30.0 Å². The fourth-order valence-electron chi connectivity index (χ4n) is 2.51. The molecule has 1 amide bonds. The van der Waals surface area contributed by atoms with Crippen LogP contribution in [0.15, 0.2) is 35.1 Å². The highest BCUT2D eigenvalue weighted by molar-refractivity contribution is 5.83. The molecule has 1 atom stereocenters. The monoisotopic (exact) mass is 332 g/mol. The molecule has 7 heteroatoms. The van der Waals surface area contributed by atoms with E-state index in [-0.39, 0.29) is 11.5 Å². The van der Waals surface area contributed by atoms with Crippen molar-refractivity contribution in [2.45, 2.75) is 19.4 Å². The Labute approximate surface area is 139 Å². The van der Waals surface area contributed by atoms with E-state index in [2.05, 4.69) is 15.3 Å². The van der Waals surface area contributed by atoms with E-state index >= 15 is 0 Å². The number of aromatic nitrogens is 2. The van der Waals surface area contributed by atoms with Crippen molar-refractivity contribution < 1.29 is 9.18 Å². The number of nitrogens with one attached hydrogen (secondary N) is 2. The molecule has 1 heterocycles. The Balaban J connectivity index is 2.04. The number of amides is 1. The Morgan fingerprint density at radius 3 is 2.71 bits per heavy atom. The summed E-state index contributed by atoms with van der Waals surface area (Å²) in [4.78, 5) is 32.3. The SMILES string of the molecule is Cc1cc(=O)[nH]c(CCNC(=O)C(c2ccccc2F)N(C)C)n1. The van der Waals surface area contributed by atoms with Crippen molar-refractivity contribution in [3.05, 3.63) is 63.6 Å². The number of halogens is 1. The molecule has 0 saturated carbocycles. The molecule has 0 fully saturated rings. The third-order valence-corrected chi connectivity index (χ3v) is 3.54. The van der Waals surface area contributed by atoms with Crippen LogP contribution in [-0.2, 0) is 11.2 Å². The minimum Gasteiger partial charge on any atom is -0.354 e. The lowest BCUT2D eigenvalue weighted by Crippen LogP contribution is -2.38. The van der Waals surface area contributed by atoms with Crippen molar-refractivity contribution in [1.29, 1.82) is 0 Å². The summed E-state index contributed by atoms with van der Waals surface area (Å²) in [5.41, 5.74) is 0.723. The number of hydrogen-bond acceptors (Lipinski definition) is 4. The predicted molar refractivity (Wildman–Crippen MR) is 89.1 cm³/mol. The van der Waals surface area contributed by atoms with Crippen LogP contribution in [0.25, 0.3) is 0 Å². The Bertz CT molecular complexity index is 773. The van der Waals surface area contributed by atoms with Crippen LogP contribution in [-0.4, -0.2) is 41.4 Å². The predicted octanol–water partition coefficient (Wildman–Crippen LogP) is 1.18. The second-order valence-corrected chi connectivity index (χ2v) is 5.76. The van der Waals surface area contributed by atoms with E-state index in [9.17, 15) is 14.0 Å². The Morgan fingerprint density at radius 1 is 1.38 bits per heavy atom. The number of likely N-dealkylation sites (N-methyl/N-ethyl adjacent to an activating group) is 1. The molecular weight excluding hydrogens is 311 g/mol. The summed E-state index contributed by atoms with van der Waals surface area (Å²) in [6, 6.07) is 6.89.